The highest BCUT2D eigenvalue weighted by atomic mass is 35.5. The second-order valence-corrected chi connectivity index (χ2v) is 8.22. The number of nitrogens with one attached hydrogen (secondary N) is 2. The summed E-state index contributed by atoms with van der Waals surface area (Å²) in [4.78, 5) is 0. The van der Waals surface area contributed by atoms with Crippen molar-refractivity contribution in [1.82, 2.24) is 5.32 Å². The molecule has 0 amide bonds. The van der Waals surface area contributed by atoms with Crippen LogP contribution in [0.3, 0.4) is 0 Å². The molecular formula is C18H22ClFN2O4S. The number of benzene rings is 2. The molecule has 0 aliphatic rings. The zero-order valence-electron chi connectivity index (χ0n) is 14.8. The number of ether oxygens (including phenoxy) is 1. The van der Waals surface area contributed by atoms with E-state index in [1.54, 1.807) is 30.3 Å². The van der Waals surface area contributed by atoms with Crippen LogP contribution in [0.25, 0.3) is 0 Å². The highest BCUT2D eigenvalue weighted by Gasteiger charge is 2.07. The Morgan fingerprint density at radius 2 is 1.93 bits per heavy atom. The second kappa shape index (κ2) is 9.89. The first-order valence-electron chi connectivity index (χ1n) is 8.26. The van der Waals surface area contributed by atoms with Crippen molar-refractivity contribution in [1.29, 1.82) is 0 Å². The van der Waals surface area contributed by atoms with Crippen LogP contribution in [0.2, 0.25) is 5.02 Å². The Morgan fingerprint density at radius 3 is 2.56 bits per heavy atom. The standard InChI is InChI=1S/C18H22ClFN2O4S/c1-27(24,25)22-14-3-5-16(6-4-14)26-12-15(23)11-21-9-8-13-2-7-17(19)18(20)10-13/h2-7,10,15,21-23H,8-9,11-12H2,1H3/t15-/m0/s1. The summed E-state index contributed by atoms with van der Waals surface area (Å²) in [6.45, 7) is 0.981. The lowest BCUT2D eigenvalue weighted by atomic mass is 10.1. The number of halogens is 2. The predicted octanol–water partition coefficient (Wildman–Crippen LogP) is 2.42. The highest BCUT2D eigenvalue weighted by molar-refractivity contribution is 7.92. The predicted molar refractivity (Wildman–Crippen MR) is 104 cm³/mol. The molecule has 6 nitrogen and oxygen atoms in total. The van der Waals surface area contributed by atoms with Crippen molar-refractivity contribution in [2.24, 2.45) is 0 Å². The molecule has 27 heavy (non-hydrogen) atoms. The van der Waals surface area contributed by atoms with Gasteiger partial charge < -0.3 is 15.2 Å². The minimum atomic E-state index is -3.32. The summed E-state index contributed by atoms with van der Waals surface area (Å²) in [6.07, 6.45) is 0.960. The van der Waals surface area contributed by atoms with Gasteiger partial charge in [0, 0.05) is 12.2 Å². The van der Waals surface area contributed by atoms with Gasteiger partial charge in [0.15, 0.2) is 0 Å². The Morgan fingerprint density at radius 1 is 1.22 bits per heavy atom. The highest BCUT2D eigenvalue weighted by Crippen LogP contribution is 2.17. The summed E-state index contributed by atoms with van der Waals surface area (Å²) in [5.74, 6) is 0.0742. The van der Waals surface area contributed by atoms with E-state index < -0.39 is 21.9 Å². The molecule has 0 unspecified atom stereocenters. The normalized spacial score (nSPS) is 12.6. The average molecular weight is 417 g/mol. The molecule has 0 spiro atoms. The van der Waals surface area contributed by atoms with Crippen LogP contribution >= 0.6 is 11.6 Å². The van der Waals surface area contributed by atoms with Crippen LogP contribution in [0.4, 0.5) is 10.1 Å². The van der Waals surface area contributed by atoms with Gasteiger partial charge in [-0.3, -0.25) is 4.72 Å². The smallest absolute Gasteiger partial charge is 0.229 e. The van der Waals surface area contributed by atoms with Gasteiger partial charge in [0.2, 0.25) is 10.0 Å². The lowest BCUT2D eigenvalue weighted by molar-refractivity contribution is 0.106. The van der Waals surface area contributed by atoms with E-state index in [1.807, 2.05) is 0 Å². The van der Waals surface area contributed by atoms with Crippen molar-refractivity contribution in [3.05, 3.63) is 58.9 Å². The maximum absolute atomic E-state index is 13.3. The minimum absolute atomic E-state index is 0.0847. The van der Waals surface area contributed by atoms with Crippen molar-refractivity contribution in [3.63, 3.8) is 0 Å². The molecule has 0 heterocycles. The third kappa shape index (κ3) is 8.13. The van der Waals surface area contributed by atoms with Crippen molar-refractivity contribution in [3.8, 4) is 5.75 Å². The van der Waals surface area contributed by atoms with E-state index in [0.29, 0.717) is 30.9 Å². The Kier molecular flexibility index (Phi) is 7.85. The van der Waals surface area contributed by atoms with E-state index >= 15 is 0 Å². The SMILES string of the molecule is CS(=O)(=O)Nc1ccc(OC[C@@H](O)CNCCc2ccc(Cl)c(F)c2)cc1. The number of rotatable bonds is 10. The van der Waals surface area contributed by atoms with Crippen LogP contribution in [0.15, 0.2) is 42.5 Å². The molecule has 0 saturated carbocycles. The molecule has 9 heteroatoms. The van der Waals surface area contributed by atoms with Crippen LogP contribution < -0.4 is 14.8 Å². The zero-order chi connectivity index (χ0) is 19.9. The molecule has 2 rings (SSSR count). The lowest BCUT2D eigenvalue weighted by Gasteiger charge is -2.14. The second-order valence-electron chi connectivity index (χ2n) is 6.07. The Balaban J connectivity index is 1.67. The van der Waals surface area contributed by atoms with Gasteiger partial charge in [-0.2, -0.15) is 0 Å². The van der Waals surface area contributed by atoms with Gasteiger partial charge in [-0.1, -0.05) is 17.7 Å². The number of hydrogen-bond donors (Lipinski definition) is 3. The molecule has 1 atom stereocenters. The molecule has 0 aliphatic heterocycles. The maximum atomic E-state index is 13.3. The monoisotopic (exact) mass is 416 g/mol. The van der Waals surface area contributed by atoms with Gasteiger partial charge >= 0.3 is 0 Å². The number of aliphatic hydroxyl groups is 1. The third-order valence-electron chi connectivity index (χ3n) is 3.55. The number of hydrogen-bond acceptors (Lipinski definition) is 5. The summed E-state index contributed by atoms with van der Waals surface area (Å²) in [5, 5.41) is 13.1. The zero-order valence-corrected chi connectivity index (χ0v) is 16.4. The van der Waals surface area contributed by atoms with Crippen molar-refractivity contribution < 1.29 is 22.7 Å². The number of aliphatic hydroxyl groups excluding tert-OH is 1. The van der Waals surface area contributed by atoms with Gasteiger partial charge in [0.1, 0.15) is 24.3 Å². The van der Waals surface area contributed by atoms with Crippen LogP contribution in [0.5, 0.6) is 5.75 Å². The van der Waals surface area contributed by atoms with Gasteiger partial charge in [-0.05, 0) is 54.9 Å². The Labute approximate surface area is 163 Å². The van der Waals surface area contributed by atoms with E-state index in [9.17, 15) is 17.9 Å². The summed E-state index contributed by atoms with van der Waals surface area (Å²) in [7, 11) is -3.32. The molecule has 0 bridgehead atoms. The Bertz CT molecular complexity index is 847. The summed E-state index contributed by atoms with van der Waals surface area (Å²) in [5.41, 5.74) is 1.25. The quantitative estimate of drug-likeness (QED) is 0.518. The lowest BCUT2D eigenvalue weighted by Crippen LogP contribution is -2.32. The molecular weight excluding hydrogens is 395 g/mol. The summed E-state index contributed by atoms with van der Waals surface area (Å²) < 4.78 is 43.4. The first-order chi connectivity index (χ1) is 12.7. The van der Waals surface area contributed by atoms with Crippen molar-refractivity contribution >= 4 is 27.3 Å². The van der Waals surface area contributed by atoms with E-state index in [-0.39, 0.29) is 11.6 Å². The van der Waals surface area contributed by atoms with Crippen LogP contribution in [0.1, 0.15) is 5.56 Å². The molecule has 0 radical (unpaired) electrons. The molecule has 3 N–H and O–H groups in total. The fourth-order valence-corrected chi connectivity index (χ4v) is 2.96. The number of anilines is 1. The fourth-order valence-electron chi connectivity index (χ4n) is 2.28. The summed E-state index contributed by atoms with van der Waals surface area (Å²) in [6, 6.07) is 11.1. The van der Waals surface area contributed by atoms with E-state index in [2.05, 4.69) is 10.0 Å². The van der Waals surface area contributed by atoms with Gasteiger partial charge in [0.05, 0.1) is 11.3 Å². The van der Waals surface area contributed by atoms with Crippen molar-refractivity contribution in [2.75, 3.05) is 30.7 Å². The molecule has 0 saturated heterocycles. The van der Waals surface area contributed by atoms with E-state index in [0.717, 1.165) is 11.8 Å². The first-order valence-corrected chi connectivity index (χ1v) is 10.5. The molecule has 0 aromatic heterocycles. The van der Waals surface area contributed by atoms with Gasteiger partial charge in [-0.25, -0.2) is 12.8 Å². The first kappa shape index (κ1) is 21.4. The molecule has 148 valence electrons. The van der Waals surface area contributed by atoms with Crippen LogP contribution in [-0.2, 0) is 16.4 Å². The summed E-state index contributed by atoms with van der Waals surface area (Å²) >= 11 is 5.64. The molecule has 0 aliphatic carbocycles. The van der Waals surface area contributed by atoms with Crippen molar-refractivity contribution in [2.45, 2.75) is 12.5 Å². The van der Waals surface area contributed by atoms with Gasteiger partial charge in [-0.15, -0.1) is 0 Å². The molecule has 2 aromatic rings. The van der Waals surface area contributed by atoms with Gasteiger partial charge in [0.25, 0.3) is 0 Å². The maximum Gasteiger partial charge on any atom is 0.229 e. The third-order valence-corrected chi connectivity index (χ3v) is 4.47. The average Bonchev–Trinajstić information content (AvgIpc) is 2.60. The van der Waals surface area contributed by atoms with Crippen LogP contribution in [-0.4, -0.2) is 45.6 Å². The minimum Gasteiger partial charge on any atom is -0.491 e. The fraction of sp³-hybridized carbons (Fsp3) is 0.333. The topological polar surface area (TPSA) is 87.7 Å². The number of sulfonamides is 1. The Hall–Kier alpha value is -1.87. The van der Waals surface area contributed by atoms with E-state index in [1.165, 1.54) is 12.1 Å². The molecule has 0 fully saturated rings. The largest absolute Gasteiger partial charge is 0.491 e. The molecule has 2 aromatic carbocycles. The van der Waals surface area contributed by atoms with Crippen LogP contribution in [0, 0.1) is 5.82 Å². The van der Waals surface area contributed by atoms with E-state index in [4.69, 9.17) is 16.3 Å².